The van der Waals surface area contributed by atoms with Crippen molar-refractivity contribution in [1.82, 2.24) is 5.32 Å². The molecular formula is C44H71NO6. The number of allylic oxidation sites excluding steroid dienone is 1. The van der Waals surface area contributed by atoms with Crippen LogP contribution in [0.3, 0.4) is 0 Å². The first-order chi connectivity index (χ1) is 23.8. The number of hydrogen-bond donors (Lipinski definition) is 1. The number of ketones is 1. The fourth-order valence-electron chi connectivity index (χ4n) is 13.7. The van der Waals surface area contributed by atoms with Gasteiger partial charge in [0.1, 0.15) is 17.5 Å². The van der Waals surface area contributed by atoms with Crippen molar-refractivity contribution in [3.8, 4) is 0 Å². The highest BCUT2D eigenvalue weighted by Gasteiger charge is 2.72. The molecule has 7 heteroatoms. The predicted octanol–water partition coefficient (Wildman–Crippen LogP) is 9.55. The van der Waals surface area contributed by atoms with Gasteiger partial charge in [-0.2, -0.15) is 0 Å². The van der Waals surface area contributed by atoms with Crippen LogP contribution in [0.4, 0.5) is 0 Å². The van der Waals surface area contributed by atoms with Crippen LogP contribution in [0.25, 0.3) is 0 Å². The monoisotopic (exact) mass is 710 g/mol. The summed E-state index contributed by atoms with van der Waals surface area (Å²) in [6.45, 7) is 25.5. The molecule has 288 valence electrons. The average Bonchev–Trinajstić information content (AvgIpc) is 3.43. The molecule has 0 bridgehead atoms. The Morgan fingerprint density at radius 2 is 1.53 bits per heavy atom. The third-order valence-electron chi connectivity index (χ3n) is 16.4. The minimum Gasteiger partial charge on any atom is -0.462 e. The van der Waals surface area contributed by atoms with Crippen LogP contribution >= 0.6 is 0 Å². The van der Waals surface area contributed by atoms with Gasteiger partial charge in [-0.15, -0.1) is 0 Å². The van der Waals surface area contributed by atoms with Crippen molar-refractivity contribution >= 4 is 24.1 Å². The molecule has 51 heavy (non-hydrogen) atoms. The van der Waals surface area contributed by atoms with Crippen molar-refractivity contribution in [3.05, 3.63) is 12.2 Å². The van der Waals surface area contributed by atoms with Gasteiger partial charge in [0, 0.05) is 18.4 Å². The Hall–Kier alpha value is -2.18. The molecule has 0 aromatic heterocycles. The van der Waals surface area contributed by atoms with Gasteiger partial charge in [-0.25, -0.2) is 0 Å². The highest BCUT2D eigenvalue weighted by Crippen LogP contribution is 2.77. The van der Waals surface area contributed by atoms with E-state index in [0.29, 0.717) is 48.4 Å². The van der Waals surface area contributed by atoms with Crippen LogP contribution in [0.5, 0.6) is 0 Å². The van der Waals surface area contributed by atoms with E-state index in [0.717, 1.165) is 77.2 Å². The second kappa shape index (κ2) is 14.6. The number of Topliss-reactive ketones (excluding diaryl/α,β-unsaturated/α-hetero) is 1. The molecule has 7 nitrogen and oxygen atoms in total. The van der Waals surface area contributed by atoms with Gasteiger partial charge in [0.15, 0.2) is 0 Å². The van der Waals surface area contributed by atoms with Crippen molar-refractivity contribution in [2.75, 3.05) is 6.54 Å². The molecule has 0 aromatic rings. The van der Waals surface area contributed by atoms with Crippen molar-refractivity contribution in [1.29, 1.82) is 0 Å². The molecule has 5 aliphatic carbocycles. The third-order valence-corrected chi connectivity index (χ3v) is 16.4. The lowest BCUT2D eigenvalue weighted by molar-refractivity contribution is -0.249. The SMILES string of the molecule is C=C(C)[C@@H]1CC[C@]2(C(=O)NCCCCCCC(C)=O)CC[C@]3(C)[C@H](CC[C@@H]4[C@@]5(C)CC[C@H](OC(=O)CC(C)(C)OC=O)C(C)(C)[C@@H]5CC[C@]43C)[C@@H]12. The summed E-state index contributed by atoms with van der Waals surface area (Å²) < 4.78 is 11.4. The number of hydrogen-bond acceptors (Lipinski definition) is 6. The summed E-state index contributed by atoms with van der Waals surface area (Å²) in [6.07, 6.45) is 15.2. The molecule has 0 aromatic carbocycles. The zero-order chi connectivity index (χ0) is 37.6. The van der Waals surface area contributed by atoms with E-state index < -0.39 is 5.60 Å². The zero-order valence-corrected chi connectivity index (χ0v) is 33.7. The van der Waals surface area contributed by atoms with E-state index >= 15 is 0 Å². The van der Waals surface area contributed by atoms with E-state index in [2.05, 4.69) is 53.4 Å². The average molecular weight is 710 g/mol. The molecule has 0 aliphatic heterocycles. The van der Waals surface area contributed by atoms with Crippen LogP contribution in [-0.2, 0) is 28.7 Å². The fraction of sp³-hybridized carbons (Fsp3) is 0.864. The lowest BCUT2D eigenvalue weighted by atomic mass is 9.32. The number of fused-ring (bicyclic) bond motifs is 7. The Labute approximate surface area is 309 Å². The van der Waals surface area contributed by atoms with E-state index in [4.69, 9.17) is 9.47 Å². The Morgan fingerprint density at radius 1 is 0.824 bits per heavy atom. The van der Waals surface area contributed by atoms with Gasteiger partial charge in [0.05, 0.1) is 11.8 Å². The molecule has 1 N–H and O–H groups in total. The van der Waals surface area contributed by atoms with E-state index in [1.807, 2.05) is 0 Å². The minimum absolute atomic E-state index is 0.0504. The Bertz CT molecular complexity index is 1350. The highest BCUT2D eigenvalue weighted by molar-refractivity contribution is 5.84. The van der Waals surface area contributed by atoms with E-state index in [-0.39, 0.29) is 51.4 Å². The second-order valence-electron chi connectivity index (χ2n) is 20.0. The summed E-state index contributed by atoms with van der Waals surface area (Å²) in [5.74, 6) is 2.51. The number of unbranched alkanes of at least 4 members (excludes halogenated alkanes) is 3. The number of amides is 1. The number of carbonyl (C=O) groups is 4. The van der Waals surface area contributed by atoms with Crippen molar-refractivity contribution in [3.63, 3.8) is 0 Å². The molecule has 5 fully saturated rings. The maximum Gasteiger partial charge on any atom is 0.310 e. The molecule has 10 atom stereocenters. The molecule has 0 radical (unpaired) electrons. The van der Waals surface area contributed by atoms with Gasteiger partial charge in [-0.3, -0.25) is 14.4 Å². The number of esters is 1. The van der Waals surface area contributed by atoms with Crippen LogP contribution in [-0.4, -0.2) is 42.4 Å². The first-order valence-corrected chi connectivity index (χ1v) is 20.5. The molecule has 0 unspecified atom stereocenters. The highest BCUT2D eigenvalue weighted by atomic mass is 16.6. The van der Waals surface area contributed by atoms with Crippen LogP contribution < -0.4 is 5.32 Å². The van der Waals surface area contributed by atoms with Crippen molar-refractivity contribution < 1.29 is 28.7 Å². The smallest absolute Gasteiger partial charge is 0.310 e. The topological polar surface area (TPSA) is 98.8 Å². The summed E-state index contributed by atoms with van der Waals surface area (Å²) in [6, 6.07) is 0. The molecule has 0 spiro atoms. The molecule has 5 saturated carbocycles. The van der Waals surface area contributed by atoms with Crippen molar-refractivity contribution in [2.45, 2.75) is 177 Å². The maximum atomic E-state index is 14.4. The quantitative estimate of drug-likeness (QED) is 0.0835. The molecular weight excluding hydrogens is 638 g/mol. The van der Waals surface area contributed by atoms with Gasteiger partial charge >= 0.3 is 5.97 Å². The molecule has 1 amide bonds. The third kappa shape index (κ3) is 6.99. The van der Waals surface area contributed by atoms with Gasteiger partial charge in [-0.1, -0.05) is 59.6 Å². The fourth-order valence-corrected chi connectivity index (χ4v) is 13.7. The van der Waals surface area contributed by atoms with Gasteiger partial charge < -0.3 is 19.6 Å². The number of rotatable bonds is 14. The van der Waals surface area contributed by atoms with Crippen LogP contribution in [0.15, 0.2) is 12.2 Å². The van der Waals surface area contributed by atoms with Crippen LogP contribution in [0.1, 0.15) is 165 Å². The number of ether oxygens (including phenoxy) is 2. The van der Waals surface area contributed by atoms with E-state index in [1.54, 1.807) is 20.8 Å². The summed E-state index contributed by atoms with van der Waals surface area (Å²) in [4.78, 5) is 49.8. The van der Waals surface area contributed by atoms with E-state index in [9.17, 15) is 19.2 Å². The summed E-state index contributed by atoms with van der Waals surface area (Å²) in [7, 11) is 0. The Morgan fingerprint density at radius 3 is 2.20 bits per heavy atom. The number of carbonyl (C=O) groups excluding carboxylic acids is 4. The predicted molar refractivity (Wildman–Crippen MR) is 201 cm³/mol. The Kier molecular flexibility index (Phi) is 11.4. The number of nitrogens with one attached hydrogen (secondary N) is 1. The maximum absolute atomic E-state index is 14.4. The van der Waals surface area contributed by atoms with Gasteiger partial charge in [0.25, 0.3) is 6.47 Å². The molecule has 0 saturated heterocycles. The molecule has 0 heterocycles. The normalized spacial score (nSPS) is 39.7. The van der Waals surface area contributed by atoms with Gasteiger partial charge in [0.2, 0.25) is 5.91 Å². The van der Waals surface area contributed by atoms with Crippen molar-refractivity contribution in [2.24, 2.45) is 56.7 Å². The Balaban J connectivity index is 1.33. The summed E-state index contributed by atoms with van der Waals surface area (Å²) in [5.41, 5.74) is 0.358. The largest absolute Gasteiger partial charge is 0.462 e. The summed E-state index contributed by atoms with van der Waals surface area (Å²) in [5, 5.41) is 3.44. The van der Waals surface area contributed by atoms with E-state index in [1.165, 1.54) is 24.8 Å². The van der Waals surface area contributed by atoms with Gasteiger partial charge in [-0.05, 0) is 151 Å². The standard InChI is InChI=1S/C44H71NO6/c1-29(2)31-18-23-44(38(49)45-26-14-12-11-13-15-30(3)47)25-24-42(9)32(37(31)44)16-17-34-41(8)21-20-35(51-36(48)27-39(4,5)50-28-46)40(6,7)33(41)19-22-43(34,42)10/h28,31-35,37H,1,11-27H2,2-10H3,(H,45,49)/t31-,32+,33-,34+,35-,37+,41-,42+,43+,44-/m0/s1. The molecule has 5 aliphatic rings. The van der Waals surface area contributed by atoms with Crippen LogP contribution in [0, 0.1) is 56.7 Å². The first-order valence-electron chi connectivity index (χ1n) is 20.5. The minimum atomic E-state index is -0.884. The zero-order valence-electron chi connectivity index (χ0n) is 33.7. The lowest BCUT2D eigenvalue weighted by Gasteiger charge is -2.72. The summed E-state index contributed by atoms with van der Waals surface area (Å²) >= 11 is 0. The lowest BCUT2D eigenvalue weighted by Crippen LogP contribution is -2.67. The molecule has 5 rings (SSSR count). The van der Waals surface area contributed by atoms with Crippen LogP contribution in [0.2, 0.25) is 0 Å². The first kappa shape index (κ1) is 40.0. The second-order valence-corrected chi connectivity index (χ2v) is 20.0.